The van der Waals surface area contributed by atoms with Crippen molar-refractivity contribution in [2.45, 2.75) is 69.7 Å². The SMILES string of the molecule is CCC(CC)(NC(=O)c1ccc(C2CC2)c(OCCC(O)C(F)(F)F)n1)C(=O)NC. The summed E-state index contributed by atoms with van der Waals surface area (Å²) in [5.74, 6) is -0.635. The van der Waals surface area contributed by atoms with Gasteiger partial charge >= 0.3 is 6.18 Å². The molecule has 0 aromatic carbocycles. The molecular formula is C20H28F3N3O4. The number of hydrogen-bond donors (Lipinski definition) is 3. The Bertz CT molecular complexity index is 762. The highest BCUT2D eigenvalue weighted by Gasteiger charge is 2.38. The molecule has 1 aromatic rings. The van der Waals surface area contributed by atoms with Gasteiger partial charge < -0.3 is 20.5 Å². The summed E-state index contributed by atoms with van der Waals surface area (Å²) in [6.07, 6.45) is -5.31. The number of pyridine rings is 1. The molecule has 3 N–H and O–H groups in total. The molecule has 1 atom stereocenters. The Morgan fingerprint density at radius 2 is 1.90 bits per heavy atom. The van der Waals surface area contributed by atoms with Gasteiger partial charge in [0, 0.05) is 19.0 Å². The molecule has 1 aromatic heterocycles. The van der Waals surface area contributed by atoms with Crippen LogP contribution in [0.25, 0.3) is 0 Å². The lowest BCUT2D eigenvalue weighted by molar-refractivity contribution is -0.206. The molecule has 2 amide bonds. The predicted octanol–water partition coefficient (Wildman–Crippen LogP) is 2.69. The third kappa shape index (κ3) is 5.62. The van der Waals surface area contributed by atoms with Gasteiger partial charge in [0.1, 0.15) is 11.2 Å². The van der Waals surface area contributed by atoms with E-state index in [4.69, 9.17) is 9.84 Å². The molecule has 0 saturated heterocycles. The van der Waals surface area contributed by atoms with E-state index in [1.54, 1.807) is 19.9 Å². The quantitative estimate of drug-likeness (QED) is 0.529. The summed E-state index contributed by atoms with van der Waals surface area (Å²) < 4.78 is 42.8. The molecule has 1 unspecified atom stereocenters. The molecule has 1 saturated carbocycles. The number of ether oxygens (including phenoxy) is 1. The second-order valence-corrected chi connectivity index (χ2v) is 7.38. The normalized spacial score (nSPS) is 15.4. The molecule has 0 spiro atoms. The Labute approximate surface area is 173 Å². The van der Waals surface area contributed by atoms with Gasteiger partial charge in [-0.1, -0.05) is 19.9 Å². The highest BCUT2D eigenvalue weighted by Crippen LogP contribution is 2.43. The first-order valence-electron chi connectivity index (χ1n) is 10.0. The van der Waals surface area contributed by atoms with Crippen LogP contribution < -0.4 is 15.4 Å². The minimum Gasteiger partial charge on any atom is -0.477 e. The number of nitrogens with zero attached hydrogens (tertiary/aromatic N) is 1. The molecule has 2 rings (SSSR count). The van der Waals surface area contributed by atoms with E-state index in [1.807, 2.05) is 0 Å². The van der Waals surface area contributed by atoms with Gasteiger partial charge in [-0.15, -0.1) is 0 Å². The van der Waals surface area contributed by atoms with Gasteiger partial charge in [0.2, 0.25) is 11.8 Å². The standard InChI is InChI=1S/C20H28F3N3O4/c1-4-19(5-2,18(29)24-3)26-16(28)14-9-8-13(12-6-7-12)17(25-14)30-11-10-15(27)20(21,22)23/h8-9,12,15,27H,4-7,10-11H2,1-3H3,(H,24,29)(H,26,28). The Morgan fingerprint density at radius 3 is 2.40 bits per heavy atom. The first-order valence-corrected chi connectivity index (χ1v) is 10.0. The van der Waals surface area contributed by atoms with Gasteiger partial charge in [-0.25, -0.2) is 4.98 Å². The lowest BCUT2D eigenvalue weighted by Gasteiger charge is -2.30. The molecule has 0 aliphatic heterocycles. The number of carbonyl (C=O) groups is 2. The first kappa shape index (κ1) is 23.9. The maximum atomic E-state index is 12.8. The van der Waals surface area contributed by atoms with Crippen molar-refractivity contribution >= 4 is 11.8 Å². The monoisotopic (exact) mass is 431 g/mol. The minimum absolute atomic E-state index is 0.000878. The minimum atomic E-state index is -4.72. The van der Waals surface area contributed by atoms with Gasteiger partial charge in [-0.2, -0.15) is 13.2 Å². The Kier molecular flexibility index (Phi) is 7.68. The largest absolute Gasteiger partial charge is 0.477 e. The number of amides is 2. The highest BCUT2D eigenvalue weighted by molar-refractivity contribution is 5.98. The fourth-order valence-corrected chi connectivity index (χ4v) is 3.15. The van der Waals surface area contributed by atoms with E-state index in [2.05, 4.69) is 15.6 Å². The Morgan fingerprint density at radius 1 is 1.27 bits per heavy atom. The van der Waals surface area contributed by atoms with E-state index in [0.717, 1.165) is 18.4 Å². The predicted molar refractivity (Wildman–Crippen MR) is 103 cm³/mol. The van der Waals surface area contributed by atoms with Crippen LogP contribution in [0.4, 0.5) is 13.2 Å². The number of rotatable bonds is 10. The van der Waals surface area contributed by atoms with Crippen molar-refractivity contribution in [3.05, 3.63) is 23.4 Å². The van der Waals surface area contributed by atoms with E-state index in [0.29, 0.717) is 12.8 Å². The van der Waals surface area contributed by atoms with Crippen molar-refractivity contribution in [3.63, 3.8) is 0 Å². The summed E-state index contributed by atoms with van der Waals surface area (Å²) in [7, 11) is 1.48. The Hall–Kier alpha value is -2.36. The third-order valence-corrected chi connectivity index (χ3v) is 5.37. The smallest absolute Gasteiger partial charge is 0.414 e. The molecule has 30 heavy (non-hydrogen) atoms. The van der Waals surface area contributed by atoms with Crippen LogP contribution in [-0.4, -0.2) is 53.4 Å². The zero-order chi connectivity index (χ0) is 22.5. The van der Waals surface area contributed by atoms with Crippen LogP contribution in [0.3, 0.4) is 0 Å². The van der Waals surface area contributed by atoms with Gasteiger partial charge in [0.05, 0.1) is 6.61 Å². The number of carbonyl (C=O) groups excluding carboxylic acids is 2. The number of aliphatic hydroxyl groups is 1. The molecule has 1 aliphatic carbocycles. The molecule has 1 fully saturated rings. The topological polar surface area (TPSA) is 101 Å². The van der Waals surface area contributed by atoms with Crippen LogP contribution in [-0.2, 0) is 4.79 Å². The summed E-state index contributed by atoms with van der Waals surface area (Å²) in [5.41, 5.74) is -0.377. The number of likely N-dealkylation sites (N-methyl/N-ethyl adjacent to an activating group) is 1. The fourth-order valence-electron chi connectivity index (χ4n) is 3.15. The summed E-state index contributed by atoms with van der Waals surface area (Å²) >= 11 is 0. The molecule has 10 heteroatoms. The van der Waals surface area contributed by atoms with Crippen LogP contribution in [0.2, 0.25) is 0 Å². The van der Waals surface area contributed by atoms with E-state index in [1.165, 1.54) is 13.1 Å². The number of hydrogen-bond acceptors (Lipinski definition) is 5. The molecule has 1 heterocycles. The summed E-state index contributed by atoms with van der Waals surface area (Å²) in [6.45, 7) is 3.16. The van der Waals surface area contributed by atoms with Crippen molar-refractivity contribution in [3.8, 4) is 5.88 Å². The van der Waals surface area contributed by atoms with Crippen molar-refractivity contribution in [1.82, 2.24) is 15.6 Å². The number of halogens is 3. The maximum Gasteiger partial charge on any atom is 0.414 e. The summed E-state index contributed by atoms with van der Waals surface area (Å²) in [5, 5.41) is 14.4. The van der Waals surface area contributed by atoms with Crippen LogP contribution in [0.1, 0.15) is 67.9 Å². The van der Waals surface area contributed by atoms with Gasteiger partial charge in [0.25, 0.3) is 5.91 Å². The van der Waals surface area contributed by atoms with Gasteiger partial charge in [-0.05, 0) is 37.7 Å². The van der Waals surface area contributed by atoms with E-state index in [9.17, 15) is 22.8 Å². The van der Waals surface area contributed by atoms with Gasteiger partial charge in [-0.3, -0.25) is 9.59 Å². The van der Waals surface area contributed by atoms with E-state index in [-0.39, 0.29) is 23.4 Å². The van der Waals surface area contributed by atoms with Crippen molar-refractivity contribution < 1.29 is 32.6 Å². The van der Waals surface area contributed by atoms with Crippen LogP contribution >= 0.6 is 0 Å². The van der Waals surface area contributed by atoms with Crippen molar-refractivity contribution in [2.75, 3.05) is 13.7 Å². The number of aliphatic hydroxyl groups excluding tert-OH is 1. The number of aromatic nitrogens is 1. The molecule has 0 bridgehead atoms. The first-order chi connectivity index (χ1) is 14.1. The lowest BCUT2D eigenvalue weighted by Crippen LogP contribution is -2.57. The second kappa shape index (κ2) is 9.63. The second-order valence-electron chi connectivity index (χ2n) is 7.38. The average Bonchev–Trinajstić information content (AvgIpc) is 3.55. The van der Waals surface area contributed by atoms with Crippen molar-refractivity contribution in [2.24, 2.45) is 0 Å². The average molecular weight is 431 g/mol. The highest BCUT2D eigenvalue weighted by atomic mass is 19.4. The Balaban J connectivity index is 2.18. The zero-order valence-electron chi connectivity index (χ0n) is 17.3. The number of alkyl halides is 3. The molecule has 1 aliphatic rings. The van der Waals surface area contributed by atoms with E-state index < -0.39 is 36.8 Å². The van der Waals surface area contributed by atoms with Crippen LogP contribution in [0.15, 0.2) is 12.1 Å². The fraction of sp³-hybridized carbons (Fsp3) is 0.650. The summed E-state index contributed by atoms with van der Waals surface area (Å²) in [4.78, 5) is 29.2. The molecular weight excluding hydrogens is 403 g/mol. The molecule has 7 nitrogen and oxygen atoms in total. The summed E-state index contributed by atoms with van der Waals surface area (Å²) in [6, 6.07) is 3.19. The molecule has 0 radical (unpaired) electrons. The van der Waals surface area contributed by atoms with Crippen LogP contribution in [0.5, 0.6) is 5.88 Å². The van der Waals surface area contributed by atoms with E-state index >= 15 is 0 Å². The number of nitrogens with one attached hydrogen (secondary N) is 2. The lowest BCUT2D eigenvalue weighted by atomic mass is 9.91. The zero-order valence-corrected chi connectivity index (χ0v) is 17.3. The van der Waals surface area contributed by atoms with Crippen LogP contribution in [0, 0.1) is 0 Å². The maximum absolute atomic E-state index is 12.8. The third-order valence-electron chi connectivity index (χ3n) is 5.37. The molecule has 168 valence electrons. The van der Waals surface area contributed by atoms with Crippen molar-refractivity contribution in [1.29, 1.82) is 0 Å². The van der Waals surface area contributed by atoms with Gasteiger partial charge in [0.15, 0.2) is 6.10 Å².